The van der Waals surface area contributed by atoms with E-state index in [1.165, 1.54) is 0 Å². The Hall–Kier alpha value is -2.02. The van der Waals surface area contributed by atoms with Crippen LogP contribution in [0, 0.1) is 0 Å². The van der Waals surface area contributed by atoms with Crippen LogP contribution in [0.5, 0.6) is 0 Å². The second-order valence-corrected chi connectivity index (χ2v) is 3.28. The summed E-state index contributed by atoms with van der Waals surface area (Å²) in [6.45, 7) is 0. The first-order chi connectivity index (χ1) is 7.36. The Balaban J connectivity index is 2.16. The standard InChI is InChI=1S/C14H12O/c15-14(13-8-4-5-9-13)11-10-12-6-2-1-3-7-12/h1-11,15H/p-1/b11-10+. The van der Waals surface area contributed by atoms with E-state index in [9.17, 15) is 5.11 Å². The molecule has 2 rings (SSSR count). The van der Waals surface area contributed by atoms with E-state index in [-0.39, 0.29) is 5.76 Å². The number of benzene rings is 1. The van der Waals surface area contributed by atoms with E-state index in [1.54, 1.807) is 6.08 Å². The van der Waals surface area contributed by atoms with Gasteiger partial charge in [0.25, 0.3) is 0 Å². The summed E-state index contributed by atoms with van der Waals surface area (Å²) in [6, 6.07) is 9.79. The molecule has 0 saturated heterocycles. The summed E-state index contributed by atoms with van der Waals surface area (Å²) in [5.41, 5.74) is 1.78. The highest BCUT2D eigenvalue weighted by Crippen LogP contribution is 2.11. The molecule has 1 aliphatic rings. The van der Waals surface area contributed by atoms with Crippen LogP contribution in [0.1, 0.15) is 5.56 Å². The Bertz CT molecular complexity index is 433. The minimum Gasteiger partial charge on any atom is -0.872 e. The SMILES string of the molecule is [O-]C(/C=C/c1ccccc1)=C1C=CC=C1. The van der Waals surface area contributed by atoms with Crippen molar-refractivity contribution < 1.29 is 5.11 Å². The molecule has 0 atom stereocenters. The maximum Gasteiger partial charge on any atom is -0.0257 e. The second kappa shape index (κ2) is 4.47. The average molecular weight is 195 g/mol. The van der Waals surface area contributed by atoms with Gasteiger partial charge in [0, 0.05) is 0 Å². The molecule has 0 amide bonds. The monoisotopic (exact) mass is 195 g/mol. The van der Waals surface area contributed by atoms with Gasteiger partial charge in [-0.1, -0.05) is 66.8 Å². The van der Waals surface area contributed by atoms with Gasteiger partial charge in [0.2, 0.25) is 0 Å². The Morgan fingerprint density at radius 2 is 1.67 bits per heavy atom. The lowest BCUT2D eigenvalue weighted by molar-refractivity contribution is -0.295. The molecule has 1 nitrogen and oxygen atoms in total. The summed E-state index contributed by atoms with van der Waals surface area (Å²) in [5, 5.41) is 11.6. The van der Waals surface area contributed by atoms with Gasteiger partial charge in [0.15, 0.2) is 0 Å². The highest BCUT2D eigenvalue weighted by molar-refractivity contribution is 5.54. The van der Waals surface area contributed by atoms with Gasteiger partial charge in [-0.25, -0.2) is 0 Å². The molecule has 0 heterocycles. The molecule has 0 unspecified atom stereocenters. The van der Waals surface area contributed by atoms with Crippen LogP contribution >= 0.6 is 0 Å². The normalized spacial score (nSPS) is 14.0. The average Bonchev–Trinajstić information content (AvgIpc) is 2.81. The fourth-order valence-electron chi connectivity index (χ4n) is 1.37. The lowest BCUT2D eigenvalue weighted by Crippen LogP contribution is -2.02. The topological polar surface area (TPSA) is 23.1 Å². The fourth-order valence-corrected chi connectivity index (χ4v) is 1.37. The Morgan fingerprint density at radius 1 is 1.00 bits per heavy atom. The fraction of sp³-hybridized carbons (Fsp3) is 0. The van der Waals surface area contributed by atoms with Crippen LogP contribution in [0.3, 0.4) is 0 Å². The lowest BCUT2D eigenvalue weighted by atomic mass is 10.2. The molecular weight excluding hydrogens is 184 g/mol. The second-order valence-electron chi connectivity index (χ2n) is 3.28. The minimum absolute atomic E-state index is 0.0452. The Morgan fingerprint density at radius 3 is 2.33 bits per heavy atom. The van der Waals surface area contributed by atoms with E-state index < -0.39 is 0 Å². The third kappa shape index (κ3) is 2.47. The molecule has 0 spiro atoms. The first-order valence-electron chi connectivity index (χ1n) is 4.85. The number of rotatable bonds is 2. The van der Waals surface area contributed by atoms with Crippen LogP contribution in [-0.4, -0.2) is 0 Å². The summed E-state index contributed by atoms with van der Waals surface area (Å²) < 4.78 is 0. The van der Waals surface area contributed by atoms with Gasteiger partial charge in [-0.15, -0.1) is 5.76 Å². The van der Waals surface area contributed by atoms with Crippen LogP contribution in [-0.2, 0) is 0 Å². The van der Waals surface area contributed by atoms with Gasteiger partial charge in [-0.3, -0.25) is 0 Å². The summed E-state index contributed by atoms with van der Waals surface area (Å²) in [4.78, 5) is 0. The molecular formula is C14H11O-. The van der Waals surface area contributed by atoms with E-state index in [2.05, 4.69) is 0 Å². The molecule has 0 saturated carbocycles. The van der Waals surface area contributed by atoms with Crippen molar-refractivity contribution in [2.75, 3.05) is 0 Å². The zero-order valence-corrected chi connectivity index (χ0v) is 8.26. The molecule has 1 aromatic rings. The van der Waals surface area contributed by atoms with E-state index in [4.69, 9.17) is 0 Å². The minimum atomic E-state index is 0.0452. The maximum atomic E-state index is 11.6. The van der Waals surface area contributed by atoms with Crippen LogP contribution in [0.2, 0.25) is 0 Å². The molecule has 74 valence electrons. The van der Waals surface area contributed by atoms with Gasteiger partial charge in [-0.05, 0) is 11.1 Å². The zero-order chi connectivity index (χ0) is 10.5. The third-order valence-corrected chi connectivity index (χ3v) is 2.17. The maximum absolute atomic E-state index is 11.6. The summed E-state index contributed by atoms with van der Waals surface area (Å²) in [7, 11) is 0. The van der Waals surface area contributed by atoms with E-state index in [1.807, 2.05) is 60.7 Å². The van der Waals surface area contributed by atoms with Gasteiger partial charge >= 0.3 is 0 Å². The molecule has 0 aromatic heterocycles. The van der Waals surface area contributed by atoms with Crippen LogP contribution < -0.4 is 5.11 Å². The molecule has 0 aliphatic heterocycles. The van der Waals surface area contributed by atoms with Crippen molar-refractivity contribution in [3.8, 4) is 0 Å². The predicted molar refractivity (Wildman–Crippen MR) is 60.8 cm³/mol. The van der Waals surface area contributed by atoms with Crippen molar-refractivity contribution in [2.45, 2.75) is 0 Å². The molecule has 1 heteroatoms. The van der Waals surface area contributed by atoms with Crippen LogP contribution in [0.15, 0.2) is 72.0 Å². The molecule has 1 aromatic carbocycles. The number of allylic oxidation sites excluding steroid dienone is 6. The van der Waals surface area contributed by atoms with Crippen LogP contribution in [0.25, 0.3) is 6.08 Å². The van der Waals surface area contributed by atoms with Gasteiger partial charge in [0.1, 0.15) is 0 Å². The van der Waals surface area contributed by atoms with Crippen molar-refractivity contribution in [3.63, 3.8) is 0 Å². The molecule has 0 radical (unpaired) electrons. The Kier molecular flexibility index (Phi) is 2.84. The van der Waals surface area contributed by atoms with Crippen molar-refractivity contribution >= 4 is 6.08 Å². The van der Waals surface area contributed by atoms with Crippen molar-refractivity contribution in [1.82, 2.24) is 0 Å². The smallest absolute Gasteiger partial charge is 0.0257 e. The molecule has 15 heavy (non-hydrogen) atoms. The van der Waals surface area contributed by atoms with E-state index >= 15 is 0 Å². The zero-order valence-electron chi connectivity index (χ0n) is 8.26. The molecule has 0 bridgehead atoms. The van der Waals surface area contributed by atoms with E-state index in [0.29, 0.717) is 0 Å². The van der Waals surface area contributed by atoms with Crippen molar-refractivity contribution in [3.05, 3.63) is 77.6 Å². The molecule has 0 N–H and O–H groups in total. The van der Waals surface area contributed by atoms with Crippen molar-refractivity contribution in [1.29, 1.82) is 0 Å². The first-order valence-corrected chi connectivity index (χ1v) is 4.85. The Labute approximate surface area is 89.4 Å². The van der Waals surface area contributed by atoms with Crippen molar-refractivity contribution in [2.24, 2.45) is 0 Å². The van der Waals surface area contributed by atoms with E-state index in [0.717, 1.165) is 11.1 Å². The predicted octanol–water partition coefficient (Wildman–Crippen LogP) is 2.44. The summed E-state index contributed by atoms with van der Waals surface area (Å²) in [6.07, 6.45) is 10.8. The lowest BCUT2D eigenvalue weighted by Gasteiger charge is -2.08. The third-order valence-electron chi connectivity index (χ3n) is 2.17. The molecule has 1 aliphatic carbocycles. The molecule has 0 fully saturated rings. The highest BCUT2D eigenvalue weighted by atomic mass is 16.3. The van der Waals surface area contributed by atoms with Gasteiger partial charge in [0.05, 0.1) is 0 Å². The number of hydrogen-bond donors (Lipinski definition) is 0. The number of hydrogen-bond acceptors (Lipinski definition) is 1. The quantitative estimate of drug-likeness (QED) is 0.665. The van der Waals surface area contributed by atoms with Gasteiger partial charge < -0.3 is 5.11 Å². The van der Waals surface area contributed by atoms with Gasteiger partial charge in [-0.2, -0.15) is 0 Å². The first kappa shape index (κ1) is 9.53. The summed E-state index contributed by atoms with van der Waals surface area (Å²) in [5.74, 6) is 0.0452. The summed E-state index contributed by atoms with van der Waals surface area (Å²) >= 11 is 0. The highest BCUT2D eigenvalue weighted by Gasteiger charge is 1.90. The van der Waals surface area contributed by atoms with Crippen LogP contribution in [0.4, 0.5) is 0 Å². The largest absolute Gasteiger partial charge is 0.872 e.